The Morgan fingerprint density at radius 1 is 0.947 bits per heavy atom. The van der Waals surface area contributed by atoms with Crippen molar-refractivity contribution in [2.75, 3.05) is 25.2 Å². The van der Waals surface area contributed by atoms with Crippen molar-refractivity contribution >= 4 is 23.1 Å². The molecule has 1 amide bonds. The summed E-state index contributed by atoms with van der Waals surface area (Å²) in [5.74, 6) is -0.162. The average Bonchev–Trinajstić information content (AvgIpc) is 3.19. The van der Waals surface area contributed by atoms with Gasteiger partial charge in [0.15, 0.2) is 11.5 Å². The Hall–Kier alpha value is -4.26. The van der Waals surface area contributed by atoms with Crippen LogP contribution in [0.25, 0.3) is 5.76 Å². The molecule has 1 aliphatic heterocycles. The van der Waals surface area contributed by atoms with Gasteiger partial charge in [0.1, 0.15) is 11.5 Å². The third-order valence-electron chi connectivity index (χ3n) is 6.66. The predicted octanol–water partition coefficient (Wildman–Crippen LogP) is 6.13. The second-order valence-electron chi connectivity index (χ2n) is 9.11. The SMILES string of the molecule is CCCOc1cccc(/C(O)=C2\C(=O)C(=O)N(c3cccc(C)c3C)C2c2ccc(OC)c(OCC)c2)c1. The zero-order valence-corrected chi connectivity index (χ0v) is 22.4. The zero-order chi connectivity index (χ0) is 27.4. The monoisotopic (exact) mass is 515 g/mol. The van der Waals surface area contributed by atoms with E-state index in [1.54, 1.807) is 49.6 Å². The number of ketones is 1. The molecule has 1 aliphatic rings. The second kappa shape index (κ2) is 11.4. The summed E-state index contributed by atoms with van der Waals surface area (Å²) in [4.78, 5) is 28.6. The third kappa shape index (κ3) is 4.96. The predicted molar refractivity (Wildman–Crippen MR) is 147 cm³/mol. The van der Waals surface area contributed by atoms with Gasteiger partial charge in [-0.05, 0) is 74.2 Å². The standard InChI is InChI=1S/C31H33NO6/c1-6-16-38-23-12-9-11-22(17-23)29(33)27-28(21-14-15-25(36-5)26(18-21)37-7-2)32(31(35)30(27)34)24-13-8-10-19(3)20(24)4/h8-15,17-18,28,33H,6-7,16H2,1-5H3/b29-27+. The molecule has 3 aromatic rings. The van der Waals surface area contributed by atoms with E-state index in [-0.39, 0.29) is 11.3 Å². The number of nitrogens with zero attached hydrogens (tertiary/aromatic N) is 1. The largest absolute Gasteiger partial charge is 0.507 e. The Labute approximate surface area is 223 Å². The number of carbonyl (C=O) groups is 2. The van der Waals surface area contributed by atoms with Gasteiger partial charge in [-0.1, -0.05) is 37.3 Å². The molecule has 1 heterocycles. The maximum absolute atomic E-state index is 13.6. The van der Waals surface area contributed by atoms with Crippen LogP contribution in [0.4, 0.5) is 5.69 Å². The Bertz CT molecular complexity index is 1390. The van der Waals surface area contributed by atoms with Crippen LogP contribution >= 0.6 is 0 Å². The minimum atomic E-state index is -0.888. The molecular weight excluding hydrogens is 482 g/mol. The first-order chi connectivity index (χ1) is 18.3. The quantitative estimate of drug-likeness (QED) is 0.210. The van der Waals surface area contributed by atoms with E-state index in [1.807, 2.05) is 45.9 Å². The number of hydrogen-bond donors (Lipinski definition) is 1. The van der Waals surface area contributed by atoms with Gasteiger partial charge < -0.3 is 19.3 Å². The maximum atomic E-state index is 13.6. The fourth-order valence-electron chi connectivity index (χ4n) is 4.63. The minimum absolute atomic E-state index is 0.00355. The molecule has 198 valence electrons. The summed E-state index contributed by atoms with van der Waals surface area (Å²) in [6.45, 7) is 8.66. The number of ether oxygens (including phenoxy) is 3. The van der Waals surface area contributed by atoms with Crippen LogP contribution in [0.15, 0.2) is 66.2 Å². The highest BCUT2D eigenvalue weighted by Crippen LogP contribution is 2.45. The number of aryl methyl sites for hydroxylation is 1. The zero-order valence-electron chi connectivity index (χ0n) is 22.4. The van der Waals surface area contributed by atoms with E-state index in [9.17, 15) is 14.7 Å². The number of aliphatic hydroxyl groups is 1. The van der Waals surface area contributed by atoms with E-state index in [4.69, 9.17) is 14.2 Å². The summed E-state index contributed by atoms with van der Waals surface area (Å²) in [6.07, 6.45) is 0.830. The van der Waals surface area contributed by atoms with Crippen molar-refractivity contribution in [3.63, 3.8) is 0 Å². The van der Waals surface area contributed by atoms with Crippen LogP contribution in [0.3, 0.4) is 0 Å². The lowest BCUT2D eigenvalue weighted by Crippen LogP contribution is -2.30. The molecule has 1 unspecified atom stereocenters. The number of amides is 1. The molecule has 0 spiro atoms. The summed E-state index contributed by atoms with van der Waals surface area (Å²) < 4.78 is 17.0. The fraction of sp³-hybridized carbons (Fsp3) is 0.290. The number of Topliss-reactive ketones (excluding diaryl/α,β-unsaturated/α-hetero) is 1. The van der Waals surface area contributed by atoms with E-state index >= 15 is 0 Å². The lowest BCUT2D eigenvalue weighted by atomic mass is 9.94. The van der Waals surface area contributed by atoms with Gasteiger partial charge in [0.25, 0.3) is 11.7 Å². The van der Waals surface area contributed by atoms with E-state index in [0.717, 1.165) is 17.5 Å². The van der Waals surface area contributed by atoms with Crippen molar-refractivity contribution in [2.45, 2.75) is 40.2 Å². The van der Waals surface area contributed by atoms with Crippen molar-refractivity contribution in [3.05, 3.63) is 88.5 Å². The van der Waals surface area contributed by atoms with Crippen LogP contribution in [-0.4, -0.2) is 37.1 Å². The van der Waals surface area contributed by atoms with Crippen molar-refractivity contribution in [1.29, 1.82) is 0 Å². The highest BCUT2D eigenvalue weighted by atomic mass is 16.5. The summed E-state index contributed by atoms with van der Waals surface area (Å²) >= 11 is 0. The van der Waals surface area contributed by atoms with E-state index < -0.39 is 17.7 Å². The number of methoxy groups -OCH3 is 1. The van der Waals surface area contributed by atoms with Crippen molar-refractivity contribution in [2.24, 2.45) is 0 Å². The molecule has 3 aromatic carbocycles. The summed E-state index contributed by atoms with van der Waals surface area (Å²) in [7, 11) is 1.55. The molecule has 1 saturated heterocycles. The molecule has 38 heavy (non-hydrogen) atoms. The summed E-state index contributed by atoms with van der Waals surface area (Å²) in [6, 6.07) is 16.9. The van der Waals surface area contributed by atoms with Crippen LogP contribution in [0.2, 0.25) is 0 Å². The van der Waals surface area contributed by atoms with Gasteiger partial charge in [-0.2, -0.15) is 0 Å². The molecule has 7 heteroatoms. The van der Waals surface area contributed by atoms with Crippen LogP contribution in [0, 0.1) is 13.8 Å². The smallest absolute Gasteiger partial charge is 0.300 e. The van der Waals surface area contributed by atoms with Gasteiger partial charge >= 0.3 is 0 Å². The van der Waals surface area contributed by atoms with Gasteiger partial charge in [-0.15, -0.1) is 0 Å². The highest BCUT2D eigenvalue weighted by Gasteiger charge is 2.47. The first kappa shape index (κ1) is 26.8. The summed E-state index contributed by atoms with van der Waals surface area (Å²) in [5.41, 5.74) is 3.44. The summed E-state index contributed by atoms with van der Waals surface area (Å²) in [5, 5.41) is 11.5. The molecule has 4 rings (SSSR count). The Balaban J connectivity index is 1.96. The molecule has 1 N–H and O–H groups in total. The van der Waals surface area contributed by atoms with Gasteiger partial charge in [-0.25, -0.2) is 0 Å². The Kier molecular flexibility index (Phi) is 8.05. The Morgan fingerprint density at radius 2 is 1.71 bits per heavy atom. The average molecular weight is 516 g/mol. The van der Waals surface area contributed by atoms with Crippen LogP contribution in [0.1, 0.15) is 48.6 Å². The molecule has 0 aromatic heterocycles. The molecular formula is C31H33NO6. The van der Waals surface area contributed by atoms with Gasteiger partial charge in [-0.3, -0.25) is 14.5 Å². The number of anilines is 1. The van der Waals surface area contributed by atoms with Gasteiger partial charge in [0.05, 0.1) is 31.9 Å². The van der Waals surface area contributed by atoms with E-state index in [2.05, 4.69) is 0 Å². The Morgan fingerprint density at radius 3 is 2.42 bits per heavy atom. The lowest BCUT2D eigenvalue weighted by Gasteiger charge is -2.28. The first-order valence-corrected chi connectivity index (χ1v) is 12.7. The number of carbonyl (C=O) groups excluding carboxylic acids is 2. The first-order valence-electron chi connectivity index (χ1n) is 12.7. The lowest BCUT2D eigenvalue weighted by molar-refractivity contribution is -0.132. The minimum Gasteiger partial charge on any atom is -0.507 e. The number of hydrogen-bond acceptors (Lipinski definition) is 6. The van der Waals surface area contributed by atoms with Gasteiger partial charge in [0.2, 0.25) is 0 Å². The topological polar surface area (TPSA) is 85.3 Å². The maximum Gasteiger partial charge on any atom is 0.300 e. The van der Waals surface area contributed by atoms with E-state index in [0.29, 0.717) is 47.3 Å². The molecule has 0 saturated carbocycles. The molecule has 7 nitrogen and oxygen atoms in total. The molecule has 0 bridgehead atoms. The third-order valence-corrected chi connectivity index (χ3v) is 6.66. The second-order valence-corrected chi connectivity index (χ2v) is 9.11. The van der Waals surface area contributed by atoms with Crippen LogP contribution in [0.5, 0.6) is 17.2 Å². The molecule has 0 radical (unpaired) electrons. The molecule has 1 atom stereocenters. The molecule has 1 fully saturated rings. The van der Waals surface area contributed by atoms with Gasteiger partial charge in [0, 0.05) is 11.3 Å². The van der Waals surface area contributed by atoms with Crippen molar-refractivity contribution < 1.29 is 28.9 Å². The number of rotatable bonds is 9. The number of benzene rings is 3. The van der Waals surface area contributed by atoms with Crippen molar-refractivity contribution in [3.8, 4) is 17.2 Å². The number of aliphatic hydroxyl groups excluding tert-OH is 1. The van der Waals surface area contributed by atoms with Crippen LogP contribution in [-0.2, 0) is 9.59 Å². The normalized spacial score (nSPS) is 16.6. The fourth-order valence-corrected chi connectivity index (χ4v) is 4.63. The van der Waals surface area contributed by atoms with E-state index in [1.165, 1.54) is 4.90 Å². The van der Waals surface area contributed by atoms with Crippen molar-refractivity contribution in [1.82, 2.24) is 0 Å². The molecule has 0 aliphatic carbocycles. The van der Waals surface area contributed by atoms with Crippen LogP contribution < -0.4 is 19.1 Å². The highest BCUT2D eigenvalue weighted by molar-refractivity contribution is 6.51.